The molecule has 3 N–H and O–H groups in total. The highest BCUT2D eigenvalue weighted by molar-refractivity contribution is 7.80. The molecule has 0 bridgehead atoms. The number of aromatic nitrogens is 2. The highest BCUT2D eigenvalue weighted by Crippen LogP contribution is 2.02. The molecule has 0 atom stereocenters. The van der Waals surface area contributed by atoms with E-state index < -0.39 is 0 Å². The standard InChI is InChI=1S/C12H21N5S/c1-9(2)17(3)6-4-5-14-11-8-15-10(7-16-11)12(13)18/h7-9H,4-6H2,1-3H3,(H2,13,18)(H,14,16). The van der Waals surface area contributed by atoms with Gasteiger partial charge in [-0.25, -0.2) is 9.97 Å². The molecule has 0 saturated heterocycles. The Kier molecular flexibility index (Phi) is 5.94. The Morgan fingerprint density at radius 2 is 2.17 bits per heavy atom. The van der Waals surface area contributed by atoms with Crippen LogP contribution < -0.4 is 11.1 Å². The van der Waals surface area contributed by atoms with E-state index in [2.05, 4.69) is 41.1 Å². The van der Waals surface area contributed by atoms with Crippen LogP contribution in [0.2, 0.25) is 0 Å². The number of anilines is 1. The van der Waals surface area contributed by atoms with Gasteiger partial charge in [-0.15, -0.1) is 0 Å². The van der Waals surface area contributed by atoms with Crippen molar-refractivity contribution in [2.45, 2.75) is 26.3 Å². The lowest BCUT2D eigenvalue weighted by atomic mass is 10.3. The van der Waals surface area contributed by atoms with Gasteiger partial charge in [0, 0.05) is 12.6 Å². The normalized spacial score (nSPS) is 10.9. The van der Waals surface area contributed by atoms with Gasteiger partial charge in [-0.3, -0.25) is 0 Å². The lowest BCUT2D eigenvalue weighted by Crippen LogP contribution is -2.28. The molecule has 1 heterocycles. The van der Waals surface area contributed by atoms with Crippen molar-refractivity contribution in [2.24, 2.45) is 5.73 Å². The molecule has 0 radical (unpaired) electrons. The zero-order chi connectivity index (χ0) is 13.5. The van der Waals surface area contributed by atoms with Gasteiger partial charge in [-0.1, -0.05) is 12.2 Å². The fraction of sp³-hybridized carbons (Fsp3) is 0.583. The van der Waals surface area contributed by atoms with E-state index in [-0.39, 0.29) is 4.99 Å². The van der Waals surface area contributed by atoms with Crippen molar-refractivity contribution in [3.05, 3.63) is 18.1 Å². The van der Waals surface area contributed by atoms with E-state index in [0.29, 0.717) is 11.7 Å². The Morgan fingerprint density at radius 3 is 2.67 bits per heavy atom. The number of rotatable bonds is 7. The van der Waals surface area contributed by atoms with Crippen LogP contribution in [0.3, 0.4) is 0 Å². The zero-order valence-corrected chi connectivity index (χ0v) is 12.0. The summed E-state index contributed by atoms with van der Waals surface area (Å²) in [5, 5.41) is 3.22. The highest BCUT2D eigenvalue weighted by atomic mass is 32.1. The van der Waals surface area contributed by atoms with Crippen LogP contribution in [0.15, 0.2) is 12.4 Å². The first kappa shape index (κ1) is 14.8. The van der Waals surface area contributed by atoms with Crippen molar-refractivity contribution in [2.75, 3.05) is 25.5 Å². The number of thiocarbonyl (C=S) groups is 1. The third-order valence-corrected chi connectivity index (χ3v) is 2.99. The third-order valence-electron chi connectivity index (χ3n) is 2.78. The van der Waals surface area contributed by atoms with Crippen LogP contribution in [0.4, 0.5) is 5.82 Å². The Labute approximate surface area is 114 Å². The van der Waals surface area contributed by atoms with E-state index in [4.69, 9.17) is 18.0 Å². The summed E-state index contributed by atoms with van der Waals surface area (Å²) < 4.78 is 0. The van der Waals surface area contributed by atoms with Crippen molar-refractivity contribution in [3.8, 4) is 0 Å². The second-order valence-electron chi connectivity index (χ2n) is 4.51. The molecule has 0 aromatic carbocycles. The molecule has 0 saturated carbocycles. The molecule has 1 aromatic heterocycles. The molecule has 1 aromatic rings. The average molecular weight is 267 g/mol. The molecule has 0 amide bonds. The summed E-state index contributed by atoms with van der Waals surface area (Å²) in [4.78, 5) is 10.9. The summed E-state index contributed by atoms with van der Waals surface area (Å²) in [7, 11) is 2.13. The lowest BCUT2D eigenvalue weighted by molar-refractivity contribution is 0.273. The van der Waals surface area contributed by atoms with Crippen LogP contribution in [0.1, 0.15) is 26.0 Å². The van der Waals surface area contributed by atoms with Crippen molar-refractivity contribution >= 4 is 23.0 Å². The molecule has 100 valence electrons. The van der Waals surface area contributed by atoms with Gasteiger partial charge < -0.3 is 16.0 Å². The number of nitrogens with zero attached hydrogens (tertiary/aromatic N) is 3. The highest BCUT2D eigenvalue weighted by Gasteiger charge is 2.02. The van der Waals surface area contributed by atoms with Crippen LogP contribution in [0, 0.1) is 0 Å². The Balaban J connectivity index is 2.29. The van der Waals surface area contributed by atoms with E-state index in [1.165, 1.54) is 0 Å². The fourth-order valence-corrected chi connectivity index (χ4v) is 1.46. The third kappa shape index (κ3) is 4.93. The molecule has 0 aliphatic rings. The second kappa shape index (κ2) is 7.23. The van der Waals surface area contributed by atoms with Crippen molar-refractivity contribution in [3.63, 3.8) is 0 Å². The summed E-state index contributed by atoms with van der Waals surface area (Å²) in [5.41, 5.74) is 6.00. The van der Waals surface area contributed by atoms with Gasteiger partial charge in [0.2, 0.25) is 0 Å². The number of hydrogen-bond donors (Lipinski definition) is 2. The summed E-state index contributed by atoms with van der Waals surface area (Å²) in [6, 6.07) is 0.578. The zero-order valence-electron chi connectivity index (χ0n) is 11.2. The SMILES string of the molecule is CC(C)N(C)CCCNc1cnc(C(N)=S)cn1. The molecule has 18 heavy (non-hydrogen) atoms. The molecular weight excluding hydrogens is 246 g/mol. The average Bonchev–Trinajstić information content (AvgIpc) is 2.34. The number of nitrogens with two attached hydrogens (primary N) is 1. The van der Waals surface area contributed by atoms with E-state index in [0.717, 1.165) is 25.3 Å². The van der Waals surface area contributed by atoms with E-state index in [1.54, 1.807) is 12.4 Å². The van der Waals surface area contributed by atoms with Gasteiger partial charge in [0.05, 0.1) is 12.4 Å². The maximum absolute atomic E-state index is 5.45. The van der Waals surface area contributed by atoms with Gasteiger partial charge in [0.25, 0.3) is 0 Å². The molecule has 0 fully saturated rings. The summed E-state index contributed by atoms with van der Waals surface area (Å²) in [6.45, 7) is 6.31. The summed E-state index contributed by atoms with van der Waals surface area (Å²) >= 11 is 4.81. The largest absolute Gasteiger partial charge is 0.388 e. The van der Waals surface area contributed by atoms with Crippen LogP contribution >= 0.6 is 12.2 Å². The van der Waals surface area contributed by atoms with Crippen LogP contribution in [-0.2, 0) is 0 Å². The number of hydrogen-bond acceptors (Lipinski definition) is 5. The molecule has 5 nitrogen and oxygen atoms in total. The minimum absolute atomic E-state index is 0.271. The van der Waals surface area contributed by atoms with Gasteiger partial charge in [0.1, 0.15) is 16.5 Å². The monoisotopic (exact) mass is 267 g/mol. The topological polar surface area (TPSA) is 67.1 Å². The summed E-state index contributed by atoms with van der Waals surface area (Å²) in [6.07, 6.45) is 4.30. The minimum Gasteiger partial charge on any atom is -0.388 e. The molecule has 0 aliphatic heterocycles. The van der Waals surface area contributed by atoms with Gasteiger partial charge >= 0.3 is 0 Å². The second-order valence-corrected chi connectivity index (χ2v) is 4.95. The van der Waals surface area contributed by atoms with Crippen molar-refractivity contribution in [1.29, 1.82) is 0 Å². The van der Waals surface area contributed by atoms with E-state index in [9.17, 15) is 0 Å². The predicted octanol–water partition coefficient (Wildman–Crippen LogP) is 1.25. The predicted molar refractivity (Wildman–Crippen MR) is 78.8 cm³/mol. The molecule has 0 aliphatic carbocycles. The van der Waals surface area contributed by atoms with Gasteiger partial charge in [-0.05, 0) is 33.9 Å². The lowest BCUT2D eigenvalue weighted by Gasteiger charge is -2.20. The maximum Gasteiger partial charge on any atom is 0.144 e. The molecule has 1 rings (SSSR count). The van der Waals surface area contributed by atoms with Gasteiger partial charge in [-0.2, -0.15) is 0 Å². The van der Waals surface area contributed by atoms with E-state index >= 15 is 0 Å². The Morgan fingerprint density at radius 1 is 1.44 bits per heavy atom. The first-order valence-electron chi connectivity index (χ1n) is 6.06. The Hall–Kier alpha value is -1.27. The first-order valence-corrected chi connectivity index (χ1v) is 6.47. The maximum atomic E-state index is 5.45. The molecule has 0 spiro atoms. The quantitative estimate of drug-likeness (QED) is 0.572. The molecule has 6 heteroatoms. The van der Waals surface area contributed by atoms with Crippen molar-refractivity contribution in [1.82, 2.24) is 14.9 Å². The fourth-order valence-electron chi connectivity index (χ4n) is 1.35. The van der Waals surface area contributed by atoms with Crippen LogP contribution in [0.5, 0.6) is 0 Å². The first-order chi connectivity index (χ1) is 8.50. The Bertz CT molecular complexity index is 377. The smallest absolute Gasteiger partial charge is 0.144 e. The van der Waals surface area contributed by atoms with E-state index in [1.807, 2.05) is 0 Å². The minimum atomic E-state index is 0.271. The molecule has 0 unspecified atom stereocenters. The summed E-state index contributed by atoms with van der Waals surface area (Å²) in [5.74, 6) is 0.752. The van der Waals surface area contributed by atoms with Gasteiger partial charge in [0.15, 0.2) is 0 Å². The molecular formula is C12H21N5S. The number of nitrogens with one attached hydrogen (secondary N) is 1. The van der Waals surface area contributed by atoms with Crippen molar-refractivity contribution < 1.29 is 0 Å². The van der Waals surface area contributed by atoms with Crippen LogP contribution in [0.25, 0.3) is 0 Å². The van der Waals surface area contributed by atoms with Crippen LogP contribution in [-0.4, -0.2) is 46.0 Å².